The van der Waals surface area contributed by atoms with Crippen molar-refractivity contribution in [3.63, 3.8) is 0 Å². The van der Waals surface area contributed by atoms with Crippen LogP contribution < -0.4 is 10.6 Å². The van der Waals surface area contributed by atoms with Gasteiger partial charge in [-0.2, -0.15) is 0 Å². The van der Waals surface area contributed by atoms with Gasteiger partial charge in [0.1, 0.15) is 0 Å². The van der Waals surface area contributed by atoms with Crippen LogP contribution in [0.25, 0.3) is 11.3 Å². The van der Waals surface area contributed by atoms with Gasteiger partial charge in [-0.3, -0.25) is 0 Å². The molecule has 1 heterocycles. The van der Waals surface area contributed by atoms with Gasteiger partial charge in [-0.15, -0.1) is 12.4 Å². The molecule has 114 valence electrons. The lowest BCUT2D eigenvalue weighted by molar-refractivity contribution is 0.867. The van der Waals surface area contributed by atoms with E-state index >= 15 is 0 Å². The van der Waals surface area contributed by atoms with Gasteiger partial charge in [-0.1, -0.05) is 38.1 Å². The molecule has 0 radical (unpaired) electrons. The zero-order valence-electron chi connectivity index (χ0n) is 13.0. The highest BCUT2D eigenvalue weighted by Crippen LogP contribution is 2.23. The Labute approximate surface area is 132 Å². The number of anilines is 1. The van der Waals surface area contributed by atoms with E-state index in [-0.39, 0.29) is 12.4 Å². The standard InChI is InChI=1S/C16H22N4.ClH/c1-11(2)12-5-7-13(8-6-12)15-9-14(10-17)18-16(19-15)20(3)4;/h5-9,11H,10,17H2,1-4H3;1H. The van der Waals surface area contributed by atoms with Crippen LogP contribution >= 0.6 is 12.4 Å². The number of aromatic nitrogens is 2. The van der Waals surface area contributed by atoms with Gasteiger partial charge in [-0.25, -0.2) is 9.97 Å². The van der Waals surface area contributed by atoms with Crippen LogP contribution in [0.5, 0.6) is 0 Å². The SMILES string of the molecule is CC(C)c1ccc(-c2cc(CN)nc(N(C)C)n2)cc1.Cl. The summed E-state index contributed by atoms with van der Waals surface area (Å²) in [5.41, 5.74) is 9.91. The fraction of sp³-hybridized carbons (Fsp3) is 0.375. The summed E-state index contributed by atoms with van der Waals surface area (Å²) in [5.74, 6) is 1.22. The molecule has 2 aromatic rings. The molecule has 0 aliphatic heterocycles. The summed E-state index contributed by atoms with van der Waals surface area (Å²) in [7, 11) is 3.86. The highest BCUT2D eigenvalue weighted by Gasteiger charge is 2.08. The quantitative estimate of drug-likeness (QED) is 0.942. The molecule has 1 aromatic carbocycles. The molecule has 0 aliphatic rings. The average Bonchev–Trinajstić information content (AvgIpc) is 2.46. The Bertz CT molecular complexity index is 579. The normalized spacial score (nSPS) is 10.4. The highest BCUT2D eigenvalue weighted by molar-refractivity contribution is 5.85. The van der Waals surface area contributed by atoms with Gasteiger partial charge >= 0.3 is 0 Å². The molecule has 0 aliphatic carbocycles. The molecule has 2 N–H and O–H groups in total. The van der Waals surface area contributed by atoms with E-state index in [9.17, 15) is 0 Å². The summed E-state index contributed by atoms with van der Waals surface area (Å²) >= 11 is 0. The maximum Gasteiger partial charge on any atom is 0.225 e. The summed E-state index contributed by atoms with van der Waals surface area (Å²) in [6.07, 6.45) is 0. The fourth-order valence-electron chi connectivity index (χ4n) is 1.97. The second-order valence-corrected chi connectivity index (χ2v) is 5.42. The zero-order valence-corrected chi connectivity index (χ0v) is 13.8. The number of nitrogens with zero attached hydrogens (tertiary/aromatic N) is 3. The van der Waals surface area contributed by atoms with Crippen molar-refractivity contribution in [2.24, 2.45) is 5.73 Å². The maximum absolute atomic E-state index is 5.72. The first-order chi connectivity index (χ1) is 9.51. The molecule has 2 rings (SSSR count). The summed E-state index contributed by atoms with van der Waals surface area (Å²) in [6, 6.07) is 10.5. The van der Waals surface area contributed by atoms with Crippen molar-refractivity contribution in [2.45, 2.75) is 26.3 Å². The van der Waals surface area contributed by atoms with Crippen molar-refractivity contribution in [3.8, 4) is 11.3 Å². The Kier molecular flexibility index (Phi) is 6.12. The first-order valence-electron chi connectivity index (χ1n) is 6.87. The van der Waals surface area contributed by atoms with Crippen LogP contribution in [0.3, 0.4) is 0 Å². The minimum Gasteiger partial charge on any atom is -0.347 e. The molecule has 1 aromatic heterocycles. The van der Waals surface area contributed by atoms with Crippen LogP contribution in [-0.4, -0.2) is 24.1 Å². The Balaban J connectivity index is 0.00000220. The zero-order chi connectivity index (χ0) is 14.7. The number of hydrogen-bond donors (Lipinski definition) is 1. The molecule has 5 heteroatoms. The first-order valence-corrected chi connectivity index (χ1v) is 6.87. The summed E-state index contributed by atoms with van der Waals surface area (Å²) in [6.45, 7) is 4.80. The molecule has 0 fully saturated rings. The molecule has 4 nitrogen and oxygen atoms in total. The minimum absolute atomic E-state index is 0. The monoisotopic (exact) mass is 306 g/mol. The number of benzene rings is 1. The highest BCUT2D eigenvalue weighted by atomic mass is 35.5. The van der Waals surface area contributed by atoms with E-state index in [2.05, 4.69) is 48.1 Å². The van der Waals surface area contributed by atoms with E-state index in [0.29, 0.717) is 18.4 Å². The third-order valence-corrected chi connectivity index (χ3v) is 3.25. The summed E-state index contributed by atoms with van der Waals surface area (Å²) < 4.78 is 0. The number of hydrogen-bond acceptors (Lipinski definition) is 4. The van der Waals surface area contributed by atoms with Crippen LogP contribution in [-0.2, 0) is 6.54 Å². The largest absolute Gasteiger partial charge is 0.347 e. The molecule has 21 heavy (non-hydrogen) atoms. The van der Waals surface area contributed by atoms with Gasteiger partial charge in [0, 0.05) is 26.2 Å². The van der Waals surface area contributed by atoms with Gasteiger partial charge in [0.2, 0.25) is 5.95 Å². The average molecular weight is 307 g/mol. The van der Waals surface area contributed by atoms with Crippen molar-refractivity contribution in [1.29, 1.82) is 0 Å². The smallest absolute Gasteiger partial charge is 0.225 e. The topological polar surface area (TPSA) is 55.0 Å². The lowest BCUT2D eigenvalue weighted by Gasteiger charge is -2.13. The van der Waals surface area contributed by atoms with Crippen LogP contribution in [0, 0.1) is 0 Å². The molecular formula is C16H23ClN4. The van der Waals surface area contributed by atoms with Crippen molar-refractivity contribution in [3.05, 3.63) is 41.6 Å². The number of nitrogens with two attached hydrogens (primary N) is 1. The van der Waals surface area contributed by atoms with E-state index in [0.717, 1.165) is 17.0 Å². The van der Waals surface area contributed by atoms with Gasteiger partial charge in [0.05, 0.1) is 11.4 Å². The third-order valence-electron chi connectivity index (χ3n) is 3.25. The Morgan fingerprint density at radius 1 is 1.10 bits per heavy atom. The first kappa shape index (κ1) is 17.4. The number of rotatable bonds is 4. The molecule has 0 spiro atoms. The van der Waals surface area contributed by atoms with E-state index in [1.165, 1.54) is 5.56 Å². The molecule has 0 saturated heterocycles. The lowest BCUT2D eigenvalue weighted by atomic mass is 10.0. The van der Waals surface area contributed by atoms with E-state index < -0.39 is 0 Å². The number of halogens is 1. The van der Waals surface area contributed by atoms with Crippen molar-refractivity contribution < 1.29 is 0 Å². The Morgan fingerprint density at radius 3 is 2.19 bits per heavy atom. The molecular weight excluding hydrogens is 284 g/mol. The molecule has 0 bridgehead atoms. The summed E-state index contributed by atoms with van der Waals surface area (Å²) in [5, 5.41) is 0. The van der Waals surface area contributed by atoms with Gasteiger partial charge < -0.3 is 10.6 Å². The second-order valence-electron chi connectivity index (χ2n) is 5.42. The van der Waals surface area contributed by atoms with E-state index in [4.69, 9.17) is 5.73 Å². The maximum atomic E-state index is 5.72. The van der Waals surface area contributed by atoms with Crippen molar-refractivity contribution >= 4 is 18.4 Å². The molecule has 0 unspecified atom stereocenters. The molecule has 0 atom stereocenters. The van der Waals surface area contributed by atoms with Crippen LogP contribution in [0.1, 0.15) is 31.0 Å². The second kappa shape index (κ2) is 7.38. The van der Waals surface area contributed by atoms with Crippen molar-refractivity contribution in [1.82, 2.24) is 9.97 Å². The minimum atomic E-state index is 0. The predicted molar refractivity (Wildman–Crippen MR) is 91.0 cm³/mol. The van der Waals surface area contributed by atoms with Crippen LogP contribution in [0.4, 0.5) is 5.95 Å². The lowest BCUT2D eigenvalue weighted by Crippen LogP contribution is -2.15. The Morgan fingerprint density at radius 2 is 1.71 bits per heavy atom. The molecule has 0 saturated carbocycles. The summed E-state index contributed by atoms with van der Waals surface area (Å²) in [4.78, 5) is 10.9. The predicted octanol–water partition coefficient (Wildman–Crippen LogP) is 3.21. The fourth-order valence-corrected chi connectivity index (χ4v) is 1.97. The van der Waals surface area contributed by atoms with Crippen molar-refractivity contribution in [2.75, 3.05) is 19.0 Å². The van der Waals surface area contributed by atoms with E-state index in [1.54, 1.807) is 0 Å². The Hall–Kier alpha value is -1.65. The molecule has 0 amide bonds. The van der Waals surface area contributed by atoms with Crippen LogP contribution in [0.2, 0.25) is 0 Å². The van der Waals surface area contributed by atoms with Crippen LogP contribution in [0.15, 0.2) is 30.3 Å². The van der Waals surface area contributed by atoms with Gasteiger partial charge in [0.25, 0.3) is 0 Å². The van der Waals surface area contributed by atoms with Gasteiger partial charge in [-0.05, 0) is 17.5 Å². The third kappa shape index (κ3) is 4.16. The van der Waals surface area contributed by atoms with E-state index in [1.807, 2.05) is 25.1 Å². The van der Waals surface area contributed by atoms with Gasteiger partial charge in [0.15, 0.2) is 0 Å².